The van der Waals surface area contributed by atoms with Gasteiger partial charge in [0.25, 0.3) is 0 Å². The van der Waals surface area contributed by atoms with Crippen LogP contribution in [0.4, 0.5) is 0 Å². The zero-order valence-electron chi connectivity index (χ0n) is 32.7. The number of unbranched alkanes of at least 4 members (excludes halogenated alkanes) is 6. The molecular weight excluding hydrogens is 660 g/mol. The van der Waals surface area contributed by atoms with Gasteiger partial charge in [0.1, 0.15) is 0 Å². The highest BCUT2D eigenvalue weighted by atomic mass is 16.5. The second kappa shape index (κ2) is 28.0. The Labute approximate surface area is 313 Å². The molecule has 0 saturated carbocycles. The molecule has 52 heavy (non-hydrogen) atoms. The minimum atomic E-state index is -0.535. The Hall–Kier alpha value is -3.60. The van der Waals surface area contributed by atoms with E-state index in [1.807, 2.05) is 48.0 Å². The number of likely N-dealkylation sites (tertiary alicyclic amines) is 2. The van der Waals surface area contributed by atoms with Crippen LogP contribution in [0.5, 0.6) is 0 Å². The number of esters is 2. The minimum Gasteiger partial charge on any atom is -0.469 e. The lowest BCUT2D eigenvalue weighted by atomic mass is 10.00. The SMILES string of the molecule is CC#CC[C@@H](C)[C@H](O)/C=C/[C@H]1CCC(=O)N1CCCCCCC(=O)OC.CC#CC[C@H](C)[C@H](O)/C=C/[C@H]1CCC(=O)N1CCCCCCC(=O)OC. The predicted molar refractivity (Wildman–Crippen MR) is 204 cm³/mol. The number of aliphatic hydroxyl groups is 2. The van der Waals surface area contributed by atoms with Crippen molar-refractivity contribution in [3.05, 3.63) is 24.3 Å². The first kappa shape index (κ1) is 46.4. The van der Waals surface area contributed by atoms with Crippen molar-refractivity contribution in [2.75, 3.05) is 27.3 Å². The molecule has 2 amide bonds. The molecule has 6 atom stereocenters. The van der Waals surface area contributed by atoms with E-state index in [0.717, 1.165) is 77.3 Å². The van der Waals surface area contributed by atoms with Crippen LogP contribution >= 0.6 is 0 Å². The van der Waals surface area contributed by atoms with Gasteiger partial charge in [-0.05, 0) is 64.2 Å². The van der Waals surface area contributed by atoms with Gasteiger partial charge in [-0.1, -0.05) is 63.8 Å². The molecule has 10 nitrogen and oxygen atoms in total. The predicted octanol–water partition coefficient (Wildman–Crippen LogP) is 6.14. The number of amides is 2. The van der Waals surface area contributed by atoms with Crippen LogP contribution in [0.3, 0.4) is 0 Å². The summed E-state index contributed by atoms with van der Waals surface area (Å²) >= 11 is 0. The van der Waals surface area contributed by atoms with Crippen molar-refractivity contribution >= 4 is 23.8 Å². The number of rotatable bonds is 22. The lowest BCUT2D eigenvalue weighted by Gasteiger charge is -2.23. The summed E-state index contributed by atoms with van der Waals surface area (Å²) in [6.45, 7) is 9.02. The number of carbonyl (C=O) groups excluding carboxylic acids is 4. The van der Waals surface area contributed by atoms with Crippen LogP contribution in [0.25, 0.3) is 0 Å². The van der Waals surface area contributed by atoms with E-state index >= 15 is 0 Å². The number of nitrogens with zero attached hydrogens (tertiary/aromatic N) is 2. The van der Waals surface area contributed by atoms with Crippen molar-refractivity contribution in [2.45, 2.75) is 155 Å². The molecule has 0 aromatic heterocycles. The summed E-state index contributed by atoms with van der Waals surface area (Å²) in [5.74, 6) is 11.9. The van der Waals surface area contributed by atoms with E-state index < -0.39 is 12.2 Å². The number of carbonyl (C=O) groups is 4. The molecule has 2 rings (SSSR count). The normalized spacial score (nSPS) is 19.3. The molecule has 0 radical (unpaired) electrons. The number of hydrogen-bond donors (Lipinski definition) is 2. The third-order valence-electron chi connectivity index (χ3n) is 9.69. The first-order valence-corrected chi connectivity index (χ1v) is 19.2. The van der Waals surface area contributed by atoms with Crippen molar-refractivity contribution in [1.82, 2.24) is 9.80 Å². The topological polar surface area (TPSA) is 134 Å². The van der Waals surface area contributed by atoms with Crippen molar-refractivity contribution < 1.29 is 38.9 Å². The maximum atomic E-state index is 12.1. The summed E-state index contributed by atoms with van der Waals surface area (Å²) in [6.07, 6.45) is 19.0. The number of methoxy groups -OCH3 is 2. The molecule has 2 aliphatic heterocycles. The summed E-state index contributed by atoms with van der Waals surface area (Å²) in [5.41, 5.74) is 0. The van der Waals surface area contributed by atoms with E-state index in [9.17, 15) is 29.4 Å². The van der Waals surface area contributed by atoms with Crippen molar-refractivity contribution in [3.63, 3.8) is 0 Å². The standard InChI is InChI=1S/2C21H33NO4/c2*1-4-5-10-17(2)19(23)14-12-18-13-15-20(24)22(18)16-9-7-6-8-11-21(25)26-3/h2*12,14,17-19,23H,6-11,13,15-16H2,1-3H3/b2*14-12+/t17-,18+,19-;17-,18-,19+/m10/s1. The summed E-state index contributed by atoms with van der Waals surface area (Å²) in [4.78, 5) is 50.2. The Balaban J connectivity index is 0.000000520. The molecule has 0 spiro atoms. The van der Waals surface area contributed by atoms with Gasteiger partial charge in [0.15, 0.2) is 0 Å². The Kier molecular flexibility index (Phi) is 25.0. The van der Waals surface area contributed by atoms with E-state index in [-0.39, 0.29) is 47.7 Å². The van der Waals surface area contributed by atoms with Gasteiger partial charge < -0.3 is 29.5 Å². The Bertz CT molecular complexity index is 1160. The fourth-order valence-electron chi connectivity index (χ4n) is 6.14. The van der Waals surface area contributed by atoms with Gasteiger partial charge in [-0.3, -0.25) is 19.2 Å². The fourth-order valence-corrected chi connectivity index (χ4v) is 6.14. The van der Waals surface area contributed by atoms with Gasteiger partial charge in [0, 0.05) is 51.6 Å². The Morgan fingerprint density at radius 1 is 0.692 bits per heavy atom. The largest absolute Gasteiger partial charge is 0.469 e. The quantitative estimate of drug-likeness (QED) is 0.0589. The molecule has 2 aliphatic rings. The van der Waals surface area contributed by atoms with E-state index in [0.29, 0.717) is 38.5 Å². The Morgan fingerprint density at radius 2 is 1.06 bits per heavy atom. The van der Waals surface area contributed by atoms with Crippen LogP contribution < -0.4 is 0 Å². The Morgan fingerprint density at radius 3 is 1.40 bits per heavy atom. The molecule has 2 heterocycles. The highest BCUT2D eigenvalue weighted by Crippen LogP contribution is 2.23. The van der Waals surface area contributed by atoms with Crippen LogP contribution in [0.1, 0.15) is 130 Å². The number of hydrogen-bond acceptors (Lipinski definition) is 8. The first-order chi connectivity index (χ1) is 25.0. The molecule has 292 valence electrons. The lowest BCUT2D eigenvalue weighted by molar-refractivity contribution is -0.141. The molecule has 2 fully saturated rings. The zero-order valence-corrected chi connectivity index (χ0v) is 32.7. The van der Waals surface area contributed by atoms with Crippen molar-refractivity contribution in [1.29, 1.82) is 0 Å². The number of ether oxygens (including phenoxy) is 2. The maximum Gasteiger partial charge on any atom is 0.305 e. The van der Waals surface area contributed by atoms with Crippen molar-refractivity contribution in [3.8, 4) is 23.7 Å². The lowest BCUT2D eigenvalue weighted by Crippen LogP contribution is -2.33. The highest BCUT2D eigenvalue weighted by molar-refractivity contribution is 5.79. The van der Waals surface area contributed by atoms with Gasteiger partial charge in [0.05, 0.1) is 38.5 Å². The van der Waals surface area contributed by atoms with Crippen molar-refractivity contribution in [2.24, 2.45) is 11.8 Å². The van der Waals surface area contributed by atoms with Gasteiger partial charge in [-0.2, -0.15) is 0 Å². The van der Waals surface area contributed by atoms with Crippen LogP contribution in [-0.2, 0) is 28.7 Å². The van der Waals surface area contributed by atoms with Crippen LogP contribution in [0.2, 0.25) is 0 Å². The van der Waals surface area contributed by atoms with Gasteiger partial charge in [-0.25, -0.2) is 0 Å². The molecule has 10 heteroatoms. The van der Waals surface area contributed by atoms with E-state index in [1.54, 1.807) is 13.8 Å². The first-order valence-electron chi connectivity index (χ1n) is 19.2. The molecular formula is C42H66N2O8. The second-order valence-corrected chi connectivity index (χ2v) is 13.8. The van der Waals surface area contributed by atoms with E-state index in [2.05, 4.69) is 33.2 Å². The van der Waals surface area contributed by atoms with Gasteiger partial charge in [0.2, 0.25) is 11.8 Å². The second-order valence-electron chi connectivity index (χ2n) is 13.8. The summed E-state index contributed by atoms with van der Waals surface area (Å²) < 4.78 is 9.25. The summed E-state index contributed by atoms with van der Waals surface area (Å²) in [6, 6.07) is 0.161. The molecule has 2 saturated heterocycles. The molecule has 2 N–H and O–H groups in total. The summed E-state index contributed by atoms with van der Waals surface area (Å²) in [7, 11) is 2.81. The van der Waals surface area contributed by atoms with Crippen LogP contribution in [-0.4, -0.2) is 95.4 Å². The average molecular weight is 727 g/mol. The molecule has 0 aliphatic carbocycles. The third-order valence-corrected chi connectivity index (χ3v) is 9.69. The molecule has 0 aromatic rings. The van der Waals surface area contributed by atoms with Crippen LogP contribution in [0, 0.1) is 35.5 Å². The van der Waals surface area contributed by atoms with E-state index in [1.165, 1.54) is 14.2 Å². The molecule has 0 bridgehead atoms. The molecule has 0 aromatic carbocycles. The molecule has 0 unspecified atom stereocenters. The van der Waals surface area contributed by atoms with Crippen LogP contribution in [0.15, 0.2) is 24.3 Å². The number of aliphatic hydroxyl groups excluding tert-OH is 2. The maximum absolute atomic E-state index is 12.1. The monoisotopic (exact) mass is 726 g/mol. The zero-order chi connectivity index (χ0) is 38.7. The van der Waals surface area contributed by atoms with Gasteiger partial charge >= 0.3 is 11.9 Å². The minimum absolute atomic E-state index is 0.0803. The smallest absolute Gasteiger partial charge is 0.305 e. The van der Waals surface area contributed by atoms with E-state index in [4.69, 9.17) is 0 Å². The highest BCUT2D eigenvalue weighted by Gasteiger charge is 2.29. The third kappa shape index (κ3) is 19.3. The average Bonchev–Trinajstić information content (AvgIpc) is 3.69. The fraction of sp³-hybridized carbons (Fsp3) is 0.714. The van der Waals surface area contributed by atoms with Gasteiger partial charge in [-0.15, -0.1) is 23.7 Å². The summed E-state index contributed by atoms with van der Waals surface area (Å²) in [5, 5.41) is 20.4.